The molecule has 0 atom stereocenters. The van der Waals surface area contributed by atoms with Crippen LogP contribution in [0.4, 0.5) is 10.1 Å². The van der Waals surface area contributed by atoms with Crippen molar-refractivity contribution in [3.05, 3.63) is 60.0 Å². The van der Waals surface area contributed by atoms with Gasteiger partial charge in [-0.05, 0) is 36.4 Å². The molecule has 2 aromatic carbocycles. The summed E-state index contributed by atoms with van der Waals surface area (Å²) < 4.78 is 18.8. The van der Waals surface area contributed by atoms with E-state index in [-0.39, 0.29) is 11.7 Å². The van der Waals surface area contributed by atoms with E-state index in [4.69, 9.17) is 4.74 Å². The van der Waals surface area contributed by atoms with Gasteiger partial charge in [0.2, 0.25) is 0 Å². The van der Waals surface area contributed by atoms with Gasteiger partial charge in [-0.3, -0.25) is 4.79 Å². The summed E-state index contributed by atoms with van der Waals surface area (Å²) >= 11 is 0. The molecule has 0 saturated carbocycles. The average molecular weight is 353 g/mol. The third kappa shape index (κ3) is 2.98. The zero-order chi connectivity index (χ0) is 18.1. The fraction of sp³-hybridized carbons (Fsp3) is 0.250. The summed E-state index contributed by atoms with van der Waals surface area (Å²) in [5.74, 6) is 0.468. The molecule has 0 unspecified atom stereocenters. The number of anilines is 1. The van der Waals surface area contributed by atoms with Crippen LogP contribution < -0.4 is 9.64 Å². The topological polar surface area (TPSA) is 48.6 Å². The highest BCUT2D eigenvalue weighted by atomic mass is 19.1. The van der Waals surface area contributed by atoms with Crippen molar-refractivity contribution in [1.29, 1.82) is 0 Å². The van der Waals surface area contributed by atoms with Crippen molar-refractivity contribution in [2.45, 2.75) is 0 Å². The van der Waals surface area contributed by atoms with Crippen molar-refractivity contribution in [2.24, 2.45) is 0 Å². The maximum atomic E-state index is 13.3. The number of para-hydroxylation sites is 2. The molecular weight excluding hydrogens is 333 g/mol. The molecule has 6 heteroatoms. The number of carbonyl (C=O) groups excluding carboxylic acids is 1. The molecule has 0 aliphatic carbocycles. The van der Waals surface area contributed by atoms with Gasteiger partial charge in [0.25, 0.3) is 5.91 Å². The number of aromatic amines is 1. The van der Waals surface area contributed by atoms with Gasteiger partial charge in [0, 0.05) is 37.1 Å². The standard InChI is InChI=1S/C20H20FN3O2/c1-26-19-5-3-2-4-18(19)23-8-10-24(11-9-23)20(25)17-12-14-6-7-15(21)13-16(14)22-17/h2-7,12-13,22H,8-11H2,1H3. The highest BCUT2D eigenvalue weighted by Gasteiger charge is 2.24. The Labute approximate surface area is 151 Å². The third-order valence-electron chi connectivity index (χ3n) is 4.81. The molecular formula is C20H20FN3O2. The zero-order valence-corrected chi connectivity index (χ0v) is 14.5. The van der Waals surface area contributed by atoms with Crippen molar-refractivity contribution in [3.63, 3.8) is 0 Å². The Morgan fingerprint density at radius 3 is 2.62 bits per heavy atom. The van der Waals surface area contributed by atoms with Gasteiger partial charge in [-0.2, -0.15) is 0 Å². The number of H-pyrrole nitrogens is 1. The van der Waals surface area contributed by atoms with E-state index in [9.17, 15) is 9.18 Å². The largest absolute Gasteiger partial charge is 0.495 e. The fourth-order valence-electron chi connectivity index (χ4n) is 3.43. The first-order chi connectivity index (χ1) is 12.7. The molecule has 4 rings (SSSR count). The summed E-state index contributed by atoms with van der Waals surface area (Å²) in [5.41, 5.74) is 2.18. The van der Waals surface area contributed by atoms with Crippen LogP contribution in [-0.2, 0) is 0 Å². The van der Waals surface area contributed by atoms with Crippen LogP contribution in [-0.4, -0.2) is 49.1 Å². The molecule has 0 bridgehead atoms. The van der Waals surface area contributed by atoms with E-state index in [1.807, 2.05) is 29.2 Å². The monoisotopic (exact) mass is 353 g/mol. The first kappa shape index (κ1) is 16.4. The summed E-state index contributed by atoms with van der Waals surface area (Å²) in [6.07, 6.45) is 0. The summed E-state index contributed by atoms with van der Waals surface area (Å²) in [6.45, 7) is 2.73. The number of benzene rings is 2. The number of fused-ring (bicyclic) bond motifs is 1. The van der Waals surface area contributed by atoms with Crippen LogP contribution in [0.2, 0.25) is 0 Å². The fourth-order valence-corrected chi connectivity index (χ4v) is 3.43. The number of amides is 1. The average Bonchev–Trinajstić information content (AvgIpc) is 3.10. The number of nitrogens with zero attached hydrogens (tertiary/aromatic N) is 2. The van der Waals surface area contributed by atoms with Gasteiger partial charge in [0.15, 0.2) is 0 Å². The predicted molar refractivity (Wildman–Crippen MR) is 99.4 cm³/mol. The van der Waals surface area contributed by atoms with E-state index < -0.39 is 0 Å². The second-order valence-corrected chi connectivity index (χ2v) is 6.37. The summed E-state index contributed by atoms with van der Waals surface area (Å²) in [7, 11) is 1.66. The van der Waals surface area contributed by atoms with Gasteiger partial charge < -0.3 is 19.5 Å². The quantitative estimate of drug-likeness (QED) is 0.786. The highest BCUT2D eigenvalue weighted by Crippen LogP contribution is 2.28. The molecule has 1 N–H and O–H groups in total. The molecule has 1 aliphatic heterocycles. The molecule has 1 saturated heterocycles. The minimum Gasteiger partial charge on any atom is -0.495 e. The second kappa shape index (κ2) is 6.71. The van der Waals surface area contributed by atoms with Gasteiger partial charge in [-0.15, -0.1) is 0 Å². The van der Waals surface area contributed by atoms with Crippen LogP contribution in [0.3, 0.4) is 0 Å². The summed E-state index contributed by atoms with van der Waals surface area (Å²) in [6, 6.07) is 14.2. The number of methoxy groups -OCH3 is 1. The van der Waals surface area contributed by atoms with Gasteiger partial charge in [0.05, 0.1) is 12.8 Å². The van der Waals surface area contributed by atoms with Crippen LogP contribution in [0.25, 0.3) is 10.9 Å². The Morgan fingerprint density at radius 2 is 1.85 bits per heavy atom. The lowest BCUT2D eigenvalue weighted by Gasteiger charge is -2.36. The van der Waals surface area contributed by atoms with Crippen molar-refractivity contribution in [2.75, 3.05) is 38.2 Å². The number of halogens is 1. The number of ether oxygens (including phenoxy) is 1. The Balaban J connectivity index is 1.47. The smallest absolute Gasteiger partial charge is 0.270 e. The summed E-state index contributed by atoms with van der Waals surface area (Å²) in [4.78, 5) is 19.9. The number of hydrogen-bond acceptors (Lipinski definition) is 3. The van der Waals surface area contributed by atoms with Crippen molar-refractivity contribution < 1.29 is 13.9 Å². The normalized spacial score (nSPS) is 14.7. The summed E-state index contributed by atoms with van der Waals surface area (Å²) in [5, 5.41) is 0.836. The van der Waals surface area contributed by atoms with E-state index in [2.05, 4.69) is 9.88 Å². The van der Waals surface area contributed by atoms with Crippen LogP contribution in [0.15, 0.2) is 48.5 Å². The maximum absolute atomic E-state index is 13.3. The number of piperazine rings is 1. The van der Waals surface area contributed by atoms with Crippen LogP contribution >= 0.6 is 0 Å². The Kier molecular flexibility index (Phi) is 4.24. The van der Waals surface area contributed by atoms with Crippen LogP contribution in [0, 0.1) is 5.82 Å². The number of rotatable bonds is 3. The van der Waals surface area contributed by atoms with E-state index in [0.717, 1.165) is 29.9 Å². The molecule has 1 fully saturated rings. The van der Waals surface area contributed by atoms with E-state index >= 15 is 0 Å². The number of nitrogens with one attached hydrogen (secondary N) is 1. The molecule has 1 aromatic heterocycles. The third-order valence-corrected chi connectivity index (χ3v) is 4.81. The first-order valence-electron chi connectivity index (χ1n) is 8.61. The Morgan fingerprint density at radius 1 is 1.08 bits per heavy atom. The van der Waals surface area contributed by atoms with Gasteiger partial charge in [-0.1, -0.05) is 12.1 Å². The predicted octanol–water partition coefficient (Wildman–Crippen LogP) is 3.28. The minimum atomic E-state index is -0.316. The highest BCUT2D eigenvalue weighted by molar-refractivity contribution is 5.98. The molecule has 2 heterocycles. The zero-order valence-electron chi connectivity index (χ0n) is 14.5. The molecule has 3 aromatic rings. The molecule has 134 valence electrons. The second-order valence-electron chi connectivity index (χ2n) is 6.37. The molecule has 1 aliphatic rings. The van der Waals surface area contributed by atoms with Gasteiger partial charge in [0.1, 0.15) is 17.3 Å². The SMILES string of the molecule is COc1ccccc1N1CCN(C(=O)c2cc3ccc(F)cc3[nH]2)CC1. The van der Waals surface area contributed by atoms with Crippen molar-refractivity contribution in [3.8, 4) is 5.75 Å². The minimum absolute atomic E-state index is 0.0544. The Bertz CT molecular complexity index is 945. The lowest BCUT2D eigenvalue weighted by Crippen LogP contribution is -2.49. The maximum Gasteiger partial charge on any atom is 0.270 e. The Hall–Kier alpha value is -3.02. The van der Waals surface area contributed by atoms with Crippen LogP contribution in [0.5, 0.6) is 5.75 Å². The van der Waals surface area contributed by atoms with E-state index in [1.165, 1.54) is 12.1 Å². The van der Waals surface area contributed by atoms with Crippen LogP contribution in [0.1, 0.15) is 10.5 Å². The molecule has 0 radical (unpaired) electrons. The number of carbonyl (C=O) groups is 1. The van der Waals surface area contributed by atoms with Crippen molar-refractivity contribution >= 4 is 22.5 Å². The number of hydrogen-bond donors (Lipinski definition) is 1. The van der Waals surface area contributed by atoms with Crippen molar-refractivity contribution in [1.82, 2.24) is 9.88 Å². The number of aromatic nitrogens is 1. The lowest BCUT2D eigenvalue weighted by molar-refractivity contribution is 0.0741. The molecule has 0 spiro atoms. The first-order valence-corrected chi connectivity index (χ1v) is 8.61. The molecule has 1 amide bonds. The molecule has 26 heavy (non-hydrogen) atoms. The van der Waals surface area contributed by atoms with Gasteiger partial charge >= 0.3 is 0 Å². The van der Waals surface area contributed by atoms with Gasteiger partial charge in [-0.25, -0.2) is 4.39 Å². The lowest BCUT2D eigenvalue weighted by atomic mass is 10.2. The van der Waals surface area contributed by atoms with E-state index in [1.54, 1.807) is 19.2 Å². The van der Waals surface area contributed by atoms with E-state index in [0.29, 0.717) is 24.3 Å². The molecule has 5 nitrogen and oxygen atoms in total.